The molecule has 1 atom stereocenters. The zero-order chi connectivity index (χ0) is 13.9. The van der Waals surface area contributed by atoms with Gasteiger partial charge in [0.1, 0.15) is 6.04 Å². The number of nitrogens with zero attached hydrogens (tertiary/aromatic N) is 2. The van der Waals surface area contributed by atoms with Crippen molar-refractivity contribution in [1.29, 1.82) is 0 Å². The van der Waals surface area contributed by atoms with E-state index < -0.39 is 16.1 Å². The molecule has 19 heavy (non-hydrogen) atoms. The van der Waals surface area contributed by atoms with Crippen molar-refractivity contribution in [2.24, 2.45) is 0 Å². The van der Waals surface area contributed by atoms with Crippen LogP contribution in [0.3, 0.4) is 0 Å². The molecule has 0 aromatic carbocycles. The average Bonchev–Trinajstić information content (AvgIpc) is 2.89. The number of hydrogen-bond acceptors (Lipinski definition) is 4. The zero-order valence-electron chi connectivity index (χ0n) is 10.8. The highest BCUT2D eigenvalue weighted by molar-refractivity contribution is 7.89. The Morgan fingerprint density at radius 1 is 1.26 bits per heavy atom. The molecule has 2 aliphatic rings. The summed E-state index contributed by atoms with van der Waals surface area (Å²) in [5.74, 6) is -0.155. The molecular formula is C11H19ClN2O4S. The molecule has 0 aromatic rings. The van der Waals surface area contributed by atoms with E-state index in [4.69, 9.17) is 16.3 Å². The molecule has 0 aromatic heterocycles. The predicted molar refractivity (Wildman–Crippen MR) is 71.6 cm³/mol. The van der Waals surface area contributed by atoms with E-state index in [0.29, 0.717) is 39.3 Å². The van der Waals surface area contributed by atoms with Gasteiger partial charge in [-0.25, -0.2) is 8.42 Å². The van der Waals surface area contributed by atoms with Crippen LogP contribution in [-0.4, -0.2) is 74.1 Å². The Morgan fingerprint density at radius 2 is 1.95 bits per heavy atom. The lowest BCUT2D eigenvalue weighted by Crippen LogP contribution is -2.51. The molecule has 0 bridgehead atoms. The number of ether oxygens (including phenoxy) is 1. The topological polar surface area (TPSA) is 66.9 Å². The first kappa shape index (κ1) is 15.0. The largest absolute Gasteiger partial charge is 0.378 e. The fourth-order valence-electron chi connectivity index (χ4n) is 2.53. The molecule has 1 amide bonds. The molecule has 0 N–H and O–H groups in total. The summed E-state index contributed by atoms with van der Waals surface area (Å²) in [5, 5.41) is 0. The van der Waals surface area contributed by atoms with Crippen molar-refractivity contribution in [3.8, 4) is 0 Å². The molecule has 2 fully saturated rings. The molecule has 0 saturated carbocycles. The van der Waals surface area contributed by atoms with Gasteiger partial charge in [-0.3, -0.25) is 4.79 Å². The van der Waals surface area contributed by atoms with Crippen LogP contribution in [0, 0.1) is 0 Å². The lowest BCUT2D eigenvalue weighted by atomic mass is 10.2. The van der Waals surface area contributed by atoms with Crippen molar-refractivity contribution in [3.63, 3.8) is 0 Å². The first-order valence-corrected chi connectivity index (χ1v) is 8.62. The molecule has 0 aliphatic carbocycles. The van der Waals surface area contributed by atoms with Crippen LogP contribution in [0.25, 0.3) is 0 Å². The second-order valence-electron chi connectivity index (χ2n) is 4.71. The summed E-state index contributed by atoms with van der Waals surface area (Å²) in [7, 11) is -3.42. The summed E-state index contributed by atoms with van der Waals surface area (Å²) >= 11 is 5.52. The number of carbonyl (C=O) groups is 1. The standard InChI is InChI=1S/C11H19ClN2O4S/c12-3-9-19(16,17)14-4-1-2-10(14)11(15)13-5-7-18-8-6-13/h10H,1-9H2. The minimum Gasteiger partial charge on any atom is -0.378 e. The van der Waals surface area contributed by atoms with Gasteiger partial charge in [0, 0.05) is 25.5 Å². The number of carbonyl (C=O) groups excluding carboxylic acids is 1. The van der Waals surface area contributed by atoms with Crippen molar-refractivity contribution >= 4 is 27.5 Å². The number of alkyl halides is 1. The van der Waals surface area contributed by atoms with Gasteiger partial charge in [0.05, 0.1) is 19.0 Å². The highest BCUT2D eigenvalue weighted by atomic mass is 35.5. The van der Waals surface area contributed by atoms with Gasteiger partial charge in [0.15, 0.2) is 0 Å². The van der Waals surface area contributed by atoms with Crippen molar-refractivity contribution in [2.75, 3.05) is 44.5 Å². The van der Waals surface area contributed by atoms with Crippen LogP contribution >= 0.6 is 11.6 Å². The minimum atomic E-state index is -3.42. The maximum atomic E-state index is 12.4. The van der Waals surface area contributed by atoms with Crippen molar-refractivity contribution in [2.45, 2.75) is 18.9 Å². The van der Waals surface area contributed by atoms with Gasteiger partial charge in [-0.05, 0) is 12.8 Å². The molecule has 2 aliphatic heterocycles. The van der Waals surface area contributed by atoms with Crippen molar-refractivity contribution in [1.82, 2.24) is 9.21 Å². The van der Waals surface area contributed by atoms with Gasteiger partial charge >= 0.3 is 0 Å². The predicted octanol–water partition coefficient (Wildman–Crippen LogP) is -0.122. The van der Waals surface area contributed by atoms with Gasteiger partial charge in [-0.1, -0.05) is 0 Å². The Morgan fingerprint density at radius 3 is 2.58 bits per heavy atom. The summed E-state index contributed by atoms with van der Waals surface area (Å²) in [6, 6.07) is -0.550. The SMILES string of the molecule is O=C(C1CCCN1S(=O)(=O)CCCl)N1CCOCC1. The first-order valence-electron chi connectivity index (χ1n) is 6.48. The summed E-state index contributed by atoms with van der Waals surface area (Å²) < 4.78 is 30.7. The summed E-state index contributed by atoms with van der Waals surface area (Å²) in [5.41, 5.74) is 0. The van der Waals surface area contributed by atoms with Crippen LogP contribution in [0.4, 0.5) is 0 Å². The van der Waals surface area contributed by atoms with E-state index in [1.165, 1.54) is 4.31 Å². The highest BCUT2D eigenvalue weighted by Crippen LogP contribution is 2.23. The van der Waals surface area contributed by atoms with E-state index in [9.17, 15) is 13.2 Å². The van der Waals surface area contributed by atoms with Crippen LogP contribution in [0.5, 0.6) is 0 Å². The minimum absolute atomic E-state index is 0.0529. The molecule has 2 heterocycles. The molecule has 110 valence electrons. The lowest BCUT2D eigenvalue weighted by molar-refractivity contribution is -0.138. The molecule has 0 radical (unpaired) electrons. The zero-order valence-corrected chi connectivity index (χ0v) is 12.3. The van der Waals surface area contributed by atoms with E-state index >= 15 is 0 Å². The fourth-order valence-corrected chi connectivity index (χ4v) is 4.53. The quantitative estimate of drug-likeness (QED) is 0.679. The number of rotatable bonds is 4. The highest BCUT2D eigenvalue weighted by Gasteiger charge is 2.40. The van der Waals surface area contributed by atoms with E-state index in [0.717, 1.165) is 6.42 Å². The van der Waals surface area contributed by atoms with E-state index in [2.05, 4.69) is 0 Å². The van der Waals surface area contributed by atoms with Crippen LogP contribution in [0.2, 0.25) is 0 Å². The summed E-state index contributed by atoms with van der Waals surface area (Å²) in [4.78, 5) is 14.1. The molecule has 8 heteroatoms. The van der Waals surface area contributed by atoms with Crippen LogP contribution in [-0.2, 0) is 19.6 Å². The van der Waals surface area contributed by atoms with E-state index in [1.54, 1.807) is 4.90 Å². The third kappa shape index (κ3) is 3.39. The molecular weight excluding hydrogens is 292 g/mol. The first-order chi connectivity index (χ1) is 9.06. The Bertz CT molecular complexity index is 422. The van der Waals surface area contributed by atoms with Gasteiger partial charge in [0.2, 0.25) is 15.9 Å². The Hall–Kier alpha value is -0.370. The second kappa shape index (κ2) is 6.39. The van der Waals surface area contributed by atoms with Gasteiger partial charge in [0.25, 0.3) is 0 Å². The smallest absolute Gasteiger partial charge is 0.241 e. The number of hydrogen-bond donors (Lipinski definition) is 0. The van der Waals surface area contributed by atoms with Crippen LogP contribution in [0.1, 0.15) is 12.8 Å². The maximum absolute atomic E-state index is 12.4. The molecule has 1 unspecified atom stereocenters. The van der Waals surface area contributed by atoms with Gasteiger partial charge < -0.3 is 9.64 Å². The molecule has 0 spiro atoms. The van der Waals surface area contributed by atoms with Crippen molar-refractivity contribution < 1.29 is 17.9 Å². The number of amides is 1. The monoisotopic (exact) mass is 310 g/mol. The average molecular weight is 311 g/mol. The Kier molecular flexibility index (Phi) is 5.05. The third-order valence-corrected chi connectivity index (χ3v) is 5.79. The van der Waals surface area contributed by atoms with Gasteiger partial charge in [-0.15, -0.1) is 11.6 Å². The number of halogens is 1. The number of morpholine rings is 1. The van der Waals surface area contributed by atoms with Crippen LogP contribution < -0.4 is 0 Å². The van der Waals surface area contributed by atoms with E-state index in [1.807, 2.05) is 0 Å². The fraction of sp³-hybridized carbons (Fsp3) is 0.909. The molecule has 2 saturated heterocycles. The Balaban J connectivity index is 2.07. The van der Waals surface area contributed by atoms with Gasteiger partial charge in [-0.2, -0.15) is 4.31 Å². The summed E-state index contributed by atoms with van der Waals surface area (Å²) in [6.07, 6.45) is 1.32. The summed E-state index contributed by atoms with van der Waals surface area (Å²) in [6.45, 7) is 2.54. The lowest BCUT2D eigenvalue weighted by Gasteiger charge is -2.32. The van der Waals surface area contributed by atoms with E-state index in [-0.39, 0.29) is 17.5 Å². The molecule has 2 rings (SSSR count). The van der Waals surface area contributed by atoms with Crippen LogP contribution in [0.15, 0.2) is 0 Å². The maximum Gasteiger partial charge on any atom is 0.241 e. The molecule has 6 nitrogen and oxygen atoms in total. The third-order valence-electron chi connectivity index (χ3n) is 3.50. The van der Waals surface area contributed by atoms with Crippen molar-refractivity contribution in [3.05, 3.63) is 0 Å². The second-order valence-corrected chi connectivity index (χ2v) is 7.13. The number of sulfonamides is 1. The Labute approximate surface area is 118 Å². The normalized spacial score (nSPS) is 25.7.